The largest absolute Gasteiger partial charge is 0.356 e. The number of carbonyl (C=O) groups is 1. The van der Waals surface area contributed by atoms with Gasteiger partial charge in [0.15, 0.2) is 0 Å². The highest BCUT2D eigenvalue weighted by Gasteiger charge is 2.27. The first-order chi connectivity index (χ1) is 8.24. The number of nitrogens with zero attached hydrogens (tertiary/aromatic N) is 3. The molecule has 2 aliphatic rings. The third-order valence-electron chi connectivity index (χ3n) is 3.36. The van der Waals surface area contributed by atoms with E-state index in [0.717, 1.165) is 37.3 Å². The Kier molecular flexibility index (Phi) is 2.44. The molecule has 1 aromatic heterocycles. The summed E-state index contributed by atoms with van der Waals surface area (Å²) in [5, 5.41) is 2.74. The zero-order valence-corrected chi connectivity index (χ0v) is 9.52. The fourth-order valence-electron chi connectivity index (χ4n) is 2.39. The lowest BCUT2D eigenvalue weighted by molar-refractivity contribution is -0.115. The highest BCUT2D eigenvalue weighted by Crippen LogP contribution is 2.29. The van der Waals surface area contributed by atoms with Crippen molar-refractivity contribution in [3.63, 3.8) is 0 Å². The van der Waals surface area contributed by atoms with Gasteiger partial charge in [-0.2, -0.15) is 0 Å². The minimum Gasteiger partial charge on any atom is -0.356 e. The number of nitrogens with one attached hydrogen (secondary N) is 1. The third-order valence-corrected chi connectivity index (χ3v) is 3.36. The van der Waals surface area contributed by atoms with Crippen LogP contribution in [-0.2, 0) is 11.2 Å². The molecule has 0 unspecified atom stereocenters. The number of piperidine rings is 1. The molecule has 0 aliphatic carbocycles. The summed E-state index contributed by atoms with van der Waals surface area (Å²) in [4.78, 5) is 22.0. The first-order valence-electron chi connectivity index (χ1n) is 5.88. The maximum atomic E-state index is 11.4. The van der Waals surface area contributed by atoms with Gasteiger partial charge in [0, 0.05) is 24.7 Å². The van der Waals surface area contributed by atoms with Gasteiger partial charge in [0.05, 0.1) is 6.42 Å². The number of anilines is 2. The molecule has 1 amide bonds. The Morgan fingerprint density at radius 1 is 1.35 bits per heavy atom. The molecule has 0 radical (unpaired) electrons. The zero-order valence-electron chi connectivity index (χ0n) is 9.52. The molecule has 0 atom stereocenters. The second kappa shape index (κ2) is 3.96. The van der Waals surface area contributed by atoms with Crippen molar-refractivity contribution in [2.24, 2.45) is 5.73 Å². The van der Waals surface area contributed by atoms with Crippen LogP contribution in [0.3, 0.4) is 0 Å². The minimum absolute atomic E-state index is 0.00420. The molecule has 0 bridgehead atoms. The maximum absolute atomic E-state index is 11.4. The van der Waals surface area contributed by atoms with E-state index >= 15 is 0 Å². The average molecular weight is 233 g/mol. The molecule has 0 spiro atoms. The van der Waals surface area contributed by atoms with E-state index in [0.29, 0.717) is 18.3 Å². The lowest BCUT2D eigenvalue weighted by Crippen LogP contribution is -2.40. The number of rotatable bonds is 1. The number of aromatic nitrogens is 2. The first-order valence-corrected chi connectivity index (χ1v) is 5.88. The fraction of sp³-hybridized carbons (Fsp3) is 0.545. The van der Waals surface area contributed by atoms with Crippen LogP contribution in [0.2, 0.25) is 0 Å². The summed E-state index contributed by atoms with van der Waals surface area (Å²) >= 11 is 0. The topological polar surface area (TPSA) is 84.1 Å². The summed E-state index contributed by atoms with van der Waals surface area (Å²) in [6.07, 6.45) is 3.84. The number of nitrogens with two attached hydrogens (primary N) is 1. The molecule has 1 aromatic rings. The summed E-state index contributed by atoms with van der Waals surface area (Å²) in [6, 6.07) is 0.292. The van der Waals surface area contributed by atoms with Crippen molar-refractivity contribution >= 4 is 17.5 Å². The lowest BCUT2D eigenvalue weighted by Gasteiger charge is -2.31. The van der Waals surface area contributed by atoms with Gasteiger partial charge in [0.25, 0.3) is 0 Å². The normalized spacial score (nSPS) is 20.3. The van der Waals surface area contributed by atoms with Crippen LogP contribution in [-0.4, -0.2) is 35.0 Å². The smallest absolute Gasteiger partial charge is 0.230 e. The highest BCUT2D eigenvalue weighted by atomic mass is 16.1. The Labute approximate surface area is 99.2 Å². The van der Waals surface area contributed by atoms with Gasteiger partial charge in [-0.05, 0) is 12.8 Å². The van der Waals surface area contributed by atoms with Gasteiger partial charge in [-0.25, -0.2) is 9.97 Å². The van der Waals surface area contributed by atoms with Crippen molar-refractivity contribution in [2.75, 3.05) is 23.3 Å². The van der Waals surface area contributed by atoms with E-state index in [1.54, 1.807) is 0 Å². The van der Waals surface area contributed by atoms with Crippen molar-refractivity contribution in [1.29, 1.82) is 0 Å². The molecule has 1 fully saturated rings. The summed E-state index contributed by atoms with van der Waals surface area (Å²) < 4.78 is 0. The number of hydrogen-bond acceptors (Lipinski definition) is 5. The third kappa shape index (κ3) is 1.84. The molecule has 3 rings (SSSR count). The predicted molar refractivity (Wildman–Crippen MR) is 63.8 cm³/mol. The zero-order chi connectivity index (χ0) is 11.8. The first kappa shape index (κ1) is 10.5. The lowest BCUT2D eigenvalue weighted by atomic mass is 10.1. The second-order valence-corrected chi connectivity index (χ2v) is 4.57. The van der Waals surface area contributed by atoms with Crippen molar-refractivity contribution in [3.8, 4) is 0 Å². The Balaban J connectivity index is 1.89. The summed E-state index contributed by atoms with van der Waals surface area (Å²) in [6.45, 7) is 1.80. The van der Waals surface area contributed by atoms with Crippen LogP contribution in [0.25, 0.3) is 0 Å². The van der Waals surface area contributed by atoms with Gasteiger partial charge in [0.1, 0.15) is 18.0 Å². The van der Waals surface area contributed by atoms with Crippen LogP contribution in [0.15, 0.2) is 6.33 Å². The molecular weight excluding hydrogens is 218 g/mol. The van der Waals surface area contributed by atoms with Crippen LogP contribution in [0, 0.1) is 0 Å². The average Bonchev–Trinajstić information content (AvgIpc) is 2.70. The fourth-order valence-corrected chi connectivity index (χ4v) is 2.39. The van der Waals surface area contributed by atoms with Gasteiger partial charge >= 0.3 is 0 Å². The SMILES string of the molecule is NC1CCN(c2ncnc3c2CC(=O)N3)CC1. The Hall–Kier alpha value is -1.69. The predicted octanol–water partition coefficient (Wildman–Crippen LogP) is -0.101. The van der Waals surface area contributed by atoms with Gasteiger partial charge in [-0.1, -0.05) is 0 Å². The van der Waals surface area contributed by atoms with Crippen molar-refractivity contribution < 1.29 is 4.79 Å². The molecule has 90 valence electrons. The van der Waals surface area contributed by atoms with Gasteiger partial charge in [-0.3, -0.25) is 4.79 Å². The summed E-state index contributed by atoms with van der Waals surface area (Å²) in [5.74, 6) is 1.55. The van der Waals surface area contributed by atoms with E-state index in [1.807, 2.05) is 0 Å². The number of carbonyl (C=O) groups excluding carboxylic acids is 1. The van der Waals surface area contributed by atoms with Crippen molar-refractivity contribution in [3.05, 3.63) is 11.9 Å². The van der Waals surface area contributed by atoms with Crippen LogP contribution >= 0.6 is 0 Å². The van der Waals surface area contributed by atoms with Gasteiger partial charge < -0.3 is 16.0 Å². The molecular formula is C11H15N5O. The van der Waals surface area contributed by atoms with E-state index in [2.05, 4.69) is 20.2 Å². The molecule has 0 saturated carbocycles. The monoisotopic (exact) mass is 233 g/mol. The van der Waals surface area contributed by atoms with Crippen LogP contribution in [0.4, 0.5) is 11.6 Å². The van der Waals surface area contributed by atoms with E-state index in [1.165, 1.54) is 6.33 Å². The molecule has 17 heavy (non-hydrogen) atoms. The van der Waals surface area contributed by atoms with Gasteiger partial charge in [-0.15, -0.1) is 0 Å². The number of amides is 1. The minimum atomic E-state index is -0.00420. The molecule has 3 heterocycles. The number of fused-ring (bicyclic) bond motifs is 1. The highest BCUT2D eigenvalue weighted by molar-refractivity contribution is 5.99. The molecule has 0 aromatic carbocycles. The summed E-state index contributed by atoms with van der Waals surface area (Å²) in [5.41, 5.74) is 6.81. The standard InChI is InChI=1S/C11H15N5O/c12-7-1-3-16(4-2-7)11-8-5-9(17)15-10(8)13-6-14-11/h6-7H,1-5,12H2,(H,13,14,15,17). The van der Waals surface area contributed by atoms with Crippen LogP contribution in [0.5, 0.6) is 0 Å². The van der Waals surface area contributed by atoms with Gasteiger partial charge in [0.2, 0.25) is 5.91 Å². The van der Waals surface area contributed by atoms with Crippen LogP contribution < -0.4 is 16.0 Å². The quantitative estimate of drug-likeness (QED) is 0.707. The molecule has 2 aliphatic heterocycles. The molecule has 6 nitrogen and oxygen atoms in total. The Morgan fingerprint density at radius 2 is 2.12 bits per heavy atom. The van der Waals surface area contributed by atoms with E-state index < -0.39 is 0 Å². The number of hydrogen-bond donors (Lipinski definition) is 2. The van der Waals surface area contributed by atoms with Crippen LogP contribution in [0.1, 0.15) is 18.4 Å². The van der Waals surface area contributed by atoms with E-state index in [9.17, 15) is 4.79 Å². The molecule has 6 heteroatoms. The van der Waals surface area contributed by atoms with E-state index in [4.69, 9.17) is 5.73 Å². The van der Waals surface area contributed by atoms with Crippen molar-refractivity contribution in [1.82, 2.24) is 9.97 Å². The Bertz CT molecular complexity index is 453. The maximum Gasteiger partial charge on any atom is 0.230 e. The van der Waals surface area contributed by atoms with E-state index in [-0.39, 0.29) is 5.91 Å². The Morgan fingerprint density at radius 3 is 2.88 bits per heavy atom. The second-order valence-electron chi connectivity index (χ2n) is 4.57. The van der Waals surface area contributed by atoms with Crippen molar-refractivity contribution in [2.45, 2.75) is 25.3 Å². The molecule has 1 saturated heterocycles. The molecule has 3 N–H and O–H groups in total. The summed E-state index contributed by atoms with van der Waals surface area (Å²) in [7, 11) is 0.